The third kappa shape index (κ3) is 3.65. The van der Waals surface area contributed by atoms with Crippen LogP contribution in [0.4, 0.5) is 0 Å². The normalized spacial score (nSPS) is 32.6. The number of thioether (sulfide) groups is 2. The molecule has 4 heteroatoms. The van der Waals surface area contributed by atoms with Crippen LogP contribution in [0, 0.1) is 0 Å². The molecule has 0 bridgehead atoms. The van der Waals surface area contributed by atoms with Crippen LogP contribution in [0.25, 0.3) is 0 Å². The summed E-state index contributed by atoms with van der Waals surface area (Å²) >= 11 is 4.16. The van der Waals surface area contributed by atoms with Gasteiger partial charge in [-0.15, -0.1) is 0 Å². The van der Waals surface area contributed by atoms with Crippen LogP contribution < -0.4 is 0 Å². The van der Waals surface area contributed by atoms with Gasteiger partial charge in [0.1, 0.15) is 0 Å². The molecule has 0 aliphatic carbocycles. The predicted molar refractivity (Wildman–Crippen MR) is 63.4 cm³/mol. The third-order valence-corrected chi connectivity index (χ3v) is 5.39. The van der Waals surface area contributed by atoms with E-state index in [1.165, 1.54) is 24.3 Å². The molecule has 0 spiro atoms. The lowest BCUT2D eigenvalue weighted by molar-refractivity contribution is 0.199. The quantitative estimate of drug-likeness (QED) is 0.677. The van der Waals surface area contributed by atoms with Gasteiger partial charge in [0.2, 0.25) is 0 Å². The summed E-state index contributed by atoms with van der Waals surface area (Å²) < 4.78 is 10.7. The van der Waals surface area contributed by atoms with Gasteiger partial charge in [0.25, 0.3) is 0 Å². The standard InChI is InChI=1S/C10H18O2S2/c1-3-11-7-9(1)13-5-6-14-10-2-4-12-8-10/h9-10H,1-8H2. The van der Waals surface area contributed by atoms with E-state index in [0.29, 0.717) is 0 Å². The Labute approximate surface area is 94.5 Å². The van der Waals surface area contributed by atoms with Crippen molar-refractivity contribution in [2.45, 2.75) is 23.3 Å². The van der Waals surface area contributed by atoms with Gasteiger partial charge < -0.3 is 9.47 Å². The average Bonchev–Trinajstić information content (AvgIpc) is 2.86. The lowest BCUT2D eigenvalue weighted by atomic mass is 10.4. The van der Waals surface area contributed by atoms with E-state index in [0.717, 1.165) is 36.9 Å². The van der Waals surface area contributed by atoms with Crippen LogP contribution >= 0.6 is 23.5 Å². The van der Waals surface area contributed by atoms with E-state index >= 15 is 0 Å². The molecule has 0 N–H and O–H groups in total. The van der Waals surface area contributed by atoms with Crippen molar-refractivity contribution in [3.8, 4) is 0 Å². The Hall–Kier alpha value is 0.620. The highest BCUT2D eigenvalue weighted by Gasteiger charge is 2.17. The van der Waals surface area contributed by atoms with Crippen LogP contribution in [-0.2, 0) is 9.47 Å². The first-order valence-electron chi connectivity index (χ1n) is 5.34. The lowest BCUT2D eigenvalue weighted by Crippen LogP contribution is -2.06. The molecule has 0 aromatic carbocycles. The molecule has 2 aliphatic rings. The molecule has 0 aromatic heterocycles. The van der Waals surface area contributed by atoms with Crippen LogP contribution in [-0.4, -0.2) is 48.4 Å². The molecule has 0 amide bonds. The van der Waals surface area contributed by atoms with E-state index in [1.54, 1.807) is 0 Å². The zero-order valence-corrected chi connectivity index (χ0v) is 10.1. The molecule has 2 aliphatic heterocycles. The van der Waals surface area contributed by atoms with E-state index < -0.39 is 0 Å². The number of rotatable bonds is 5. The Kier molecular flexibility index (Phi) is 4.97. The van der Waals surface area contributed by atoms with Gasteiger partial charge in [0, 0.05) is 35.2 Å². The van der Waals surface area contributed by atoms with Crippen LogP contribution in [0.1, 0.15) is 12.8 Å². The highest BCUT2D eigenvalue weighted by Crippen LogP contribution is 2.24. The Balaban J connectivity index is 1.46. The first kappa shape index (κ1) is 11.1. The molecular weight excluding hydrogens is 216 g/mol. The monoisotopic (exact) mass is 234 g/mol. The minimum atomic E-state index is 0.774. The molecule has 0 aromatic rings. The molecule has 2 saturated heterocycles. The largest absolute Gasteiger partial charge is 0.380 e. The van der Waals surface area contributed by atoms with Crippen LogP contribution in [0.2, 0.25) is 0 Å². The summed E-state index contributed by atoms with van der Waals surface area (Å²) in [5, 5.41) is 1.55. The summed E-state index contributed by atoms with van der Waals surface area (Å²) in [6.07, 6.45) is 2.50. The Morgan fingerprint density at radius 1 is 0.857 bits per heavy atom. The fourth-order valence-corrected chi connectivity index (χ4v) is 4.07. The van der Waals surface area contributed by atoms with E-state index in [2.05, 4.69) is 23.5 Å². The molecule has 2 heterocycles. The lowest BCUT2D eigenvalue weighted by Gasteiger charge is -2.09. The second kappa shape index (κ2) is 6.26. The van der Waals surface area contributed by atoms with Gasteiger partial charge in [0.05, 0.1) is 13.2 Å². The minimum absolute atomic E-state index is 0.774. The molecular formula is C10H18O2S2. The molecule has 2 atom stereocenters. The van der Waals surface area contributed by atoms with Gasteiger partial charge in [-0.1, -0.05) is 0 Å². The predicted octanol–water partition coefficient (Wildman–Crippen LogP) is 2.03. The fourth-order valence-electron chi connectivity index (χ4n) is 1.72. The number of hydrogen-bond donors (Lipinski definition) is 0. The van der Waals surface area contributed by atoms with Crippen molar-refractivity contribution in [2.75, 3.05) is 37.9 Å². The van der Waals surface area contributed by atoms with E-state index in [4.69, 9.17) is 9.47 Å². The third-order valence-electron chi connectivity index (χ3n) is 2.57. The van der Waals surface area contributed by atoms with Crippen LogP contribution in [0.15, 0.2) is 0 Å². The average molecular weight is 234 g/mol. The van der Waals surface area contributed by atoms with Crippen molar-refractivity contribution in [2.24, 2.45) is 0 Å². The summed E-state index contributed by atoms with van der Waals surface area (Å²) in [5.41, 5.74) is 0. The minimum Gasteiger partial charge on any atom is -0.380 e. The fraction of sp³-hybridized carbons (Fsp3) is 1.00. The summed E-state index contributed by atoms with van der Waals surface area (Å²) in [7, 11) is 0. The first-order valence-corrected chi connectivity index (χ1v) is 7.43. The molecule has 2 nitrogen and oxygen atoms in total. The maximum absolute atomic E-state index is 5.34. The van der Waals surface area contributed by atoms with Crippen LogP contribution in [0.3, 0.4) is 0 Å². The van der Waals surface area contributed by atoms with Crippen molar-refractivity contribution < 1.29 is 9.47 Å². The maximum atomic E-state index is 5.34. The van der Waals surface area contributed by atoms with E-state index in [-0.39, 0.29) is 0 Å². The Bertz CT molecular complexity index is 136. The second-order valence-corrected chi connectivity index (χ2v) is 6.53. The van der Waals surface area contributed by atoms with Crippen LogP contribution in [0.5, 0.6) is 0 Å². The zero-order valence-electron chi connectivity index (χ0n) is 8.44. The molecule has 14 heavy (non-hydrogen) atoms. The first-order chi connectivity index (χ1) is 6.95. The van der Waals surface area contributed by atoms with Gasteiger partial charge in [-0.05, 0) is 12.8 Å². The summed E-state index contributed by atoms with van der Waals surface area (Å²) in [4.78, 5) is 0. The summed E-state index contributed by atoms with van der Waals surface area (Å²) in [6.45, 7) is 3.90. The summed E-state index contributed by atoms with van der Waals surface area (Å²) in [5.74, 6) is 2.55. The maximum Gasteiger partial charge on any atom is 0.0585 e. The topological polar surface area (TPSA) is 18.5 Å². The van der Waals surface area contributed by atoms with Gasteiger partial charge in [0.15, 0.2) is 0 Å². The van der Waals surface area contributed by atoms with Crippen molar-refractivity contribution in [3.05, 3.63) is 0 Å². The van der Waals surface area contributed by atoms with E-state index in [9.17, 15) is 0 Å². The molecule has 82 valence electrons. The highest BCUT2D eigenvalue weighted by molar-refractivity contribution is 8.03. The van der Waals surface area contributed by atoms with Crippen molar-refractivity contribution in [1.29, 1.82) is 0 Å². The summed E-state index contributed by atoms with van der Waals surface area (Å²) in [6, 6.07) is 0. The molecule has 0 radical (unpaired) electrons. The zero-order chi connectivity index (χ0) is 9.64. The molecule has 2 rings (SSSR count). The molecule has 0 saturated carbocycles. The van der Waals surface area contributed by atoms with Gasteiger partial charge in [-0.3, -0.25) is 0 Å². The van der Waals surface area contributed by atoms with Crippen molar-refractivity contribution in [3.63, 3.8) is 0 Å². The van der Waals surface area contributed by atoms with Gasteiger partial charge >= 0.3 is 0 Å². The molecule has 2 unspecified atom stereocenters. The van der Waals surface area contributed by atoms with E-state index in [1.807, 2.05) is 0 Å². The Morgan fingerprint density at radius 3 is 1.71 bits per heavy atom. The molecule has 2 fully saturated rings. The SMILES string of the molecule is C1CC(SCCSC2CCOC2)CO1. The Morgan fingerprint density at radius 2 is 1.36 bits per heavy atom. The number of ether oxygens (including phenoxy) is 2. The second-order valence-electron chi connectivity index (χ2n) is 3.71. The van der Waals surface area contributed by atoms with Gasteiger partial charge in [-0.25, -0.2) is 0 Å². The highest BCUT2D eigenvalue weighted by atomic mass is 32.2. The van der Waals surface area contributed by atoms with Crippen molar-refractivity contribution >= 4 is 23.5 Å². The smallest absolute Gasteiger partial charge is 0.0585 e. The van der Waals surface area contributed by atoms with Crippen molar-refractivity contribution in [1.82, 2.24) is 0 Å². The van der Waals surface area contributed by atoms with Gasteiger partial charge in [-0.2, -0.15) is 23.5 Å². The number of hydrogen-bond acceptors (Lipinski definition) is 4.